The molecule has 2 rings (SSSR count). The van der Waals surface area contributed by atoms with Gasteiger partial charge in [-0.2, -0.15) is 5.10 Å². The van der Waals surface area contributed by atoms with Crippen molar-refractivity contribution in [2.75, 3.05) is 12.4 Å². The van der Waals surface area contributed by atoms with Crippen LogP contribution in [0.1, 0.15) is 5.56 Å². The Bertz CT molecular complexity index is 623. The lowest BCUT2D eigenvalue weighted by Crippen LogP contribution is -2.21. The van der Waals surface area contributed by atoms with Crippen molar-refractivity contribution in [2.24, 2.45) is 7.05 Å². The Hall–Kier alpha value is -2.01. The zero-order valence-corrected chi connectivity index (χ0v) is 11.4. The van der Waals surface area contributed by atoms with Crippen molar-refractivity contribution in [3.05, 3.63) is 51.4 Å². The summed E-state index contributed by atoms with van der Waals surface area (Å²) in [6, 6.07) is 7.63. The van der Waals surface area contributed by atoms with Gasteiger partial charge in [0, 0.05) is 13.6 Å². The molecule has 0 aliphatic heterocycles. The van der Waals surface area contributed by atoms with Gasteiger partial charge >= 0.3 is 0 Å². The van der Waals surface area contributed by atoms with E-state index in [0.29, 0.717) is 12.2 Å². The molecule has 0 bridgehead atoms. The van der Waals surface area contributed by atoms with E-state index in [2.05, 4.69) is 10.4 Å². The number of methoxy groups -OCH3 is 1. The molecule has 1 aromatic carbocycles. The Morgan fingerprint density at radius 1 is 1.37 bits per heavy atom. The number of nitrogens with one attached hydrogen (secondary N) is 1. The molecule has 6 heteroatoms. The van der Waals surface area contributed by atoms with Crippen LogP contribution in [-0.2, 0) is 13.6 Å². The quantitative estimate of drug-likeness (QED) is 0.931. The van der Waals surface area contributed by atoms with Gasteiger partial charge in [0.1, 0.15) is 10.8 Å². The van der Waals surface area contributed by atoms with E-state index in [9.17, 15) is 4.79 Å². The zero-order chi connectivity index (χ0) is 13.8. The standard InChI is InChI=1S/C13H14ClN3O2/c1-17-13(18)12(14)11(8-16-17)15-7-9-3-5-10(19-2)6-4-9/h3-6,8,15H,7H2,1-2H3. The number of rotatable bonds is 4. The largest absolute Gasteiger partial charge is 0.497 e. The Morgan fingerprint density at radius 3 is 2.68 bits per heavy atom. The van der Waals surface area contributed by atoms with Gasteiger partial charge in [-0.05, 0) is 17.7 Å². The summed E-state index contributed by atoms with van der Waals surface area (Å²) in [5.74, 6) is 0.803. The highest BCUT2D eigenvalue weighted by Gasteiger charge is 2.06. The van der Waals surface area contributed by atoms with E-state index in [1.165, 1.54) is 10.9 Å². The average Bonchev–Trinajstić information content (AvgIpc) is 2.45. The molecule has 1 heterocycles. The first kappa shape index (κ1) is 13.4. The number of aryl methyl sites for hydroxylation is 1. The lowest BCUT2D eigenvalue weighted by molar-refractivity contribution is 0.414. The minimum Gasteiger partial charge on any atom is -0.497 e. The monoisotopic (exact) mass is 279 g/mol. The Morgan fingerprint density at radius 2 is 2.05 bits per heavy atom. The molecule has 0 radical (unpaired) electrons. The van der Waals surface area contributed by atoms with E-state index in [-0.39, 0.29) is 10.6 Å². The van der Waals surface area contributed by atoms with E-state index >= 15 is 0 Å². The van der Waals surface area contributed by atoms with Crippen LogP contribution >= 0.6 is 11.6 Å². The van der Waals surface area contributed by atoms with E-state index in [4.69, 9.17) is 16.3 Å². The number of aromatic nitrogens is 2. The molecule has 2 aromatic rings. The Balaban J connectivity index is 2.10. The molecule has 0 fully saturated rings. The third kappa shape index (κ3) is 3.06. The van der Waals surface area contributed by atoms with Gasteiger partial charge in [-0.15, -0.1) is 0 Å². The van der Waals surface area contributed by atoms with Gasteiger partial charge in [-0.1, -0.05) is 23.7 Å². The van der Waals surface area contributed by atoms with Crippen LogP contribution in [0.5, 0.6) is 5.75 Å². The normalized spacial score (nSPS) is 10.3. The second-order valence-electron chi connectivity index (χ2n) is 4.00. The van der Waals surface area contributed by atoms with Gasteiger partial charge in [0.05, 0.1) is 19.0 Å². The van der Waals surface area contributed by atoms with E-state index < -0.39 is 0 Å². The van der Waals surface area contributed by atoms with Crippen molar-refractivity contribution in [3.63, 3.8) is 0 Å². The van der Waals surface area contributed by atoms with E-state index in [0.717, 1.165) is 11.3 Å². The maximum atomic E-state index is 11.6. The minimum absolute atomic E-state index is 0.144. The zero-order valence-electron chi connectivity index (χ0n) is 10.7. The summed E-state index contributed by atoms with van der Waals surface area (Å²) in [5.41, 5.74) is 1.26. The number of benzene rings is 1. The summed E-state index contributed by atoms with van der Waals surface area (Å²) in [6.45, 7) is 0.554. The fourth-order valence-electron chi connectivity index (χ4n) is 1.57. The molecule has 0 amide bonds. The summed E-state index contributed by atoms with van der Waals surface area (Å²) in [5, 5.41) is 7.15. The molecule has 0 unspecified atom stereocenters. The molecule has 19 heavy (non-hydrogen) atoms. The highest BCUT2D eigenvalue weighted by molar-refractivity contribution is 6.32. The number of halogens is 1. The summed E-state index contributed by atoms with van der Waals surface area (Å²) in [6.07, 6.45) is 1.53. The van der Waals surface area contributed by atoms with Crippen LogP contribution < -0.4 is 15.6 Å². The summed E-state index contributed by atoms with van der Waals surface area (Å²) >= 11 is 5.96. The molecule has 1 N–H and O–H groups in total. The molecule has 0 aliphatic rings. The summed E-state index contributed by atoms with van der Waals surface area (Å²) in [4.78, 5) is 11.6. The molecule has 0 saturated heterocycles. The van der Waals surface area contributed by atoms with Gasteiger partial charge in [0.2, 0.25) is 0 Å². The van der Waals surface area contributed by atoms with Gasteiger partial charge in [0.15, 0.2) is 0 Å². The fraction of sp³-hybridized carbons (Fsp3) is 0.231. The van der Waals surface area contributed by atoms with Crippen molar-refractivity contribution in [1.29, 1.82) is 0 Å². The number of hydrogen-bond acceptors (Lipinski definition) is 4. The molecule has 0 spiro atoms. The molecule has 0 aliphatic carbocycles. The van der Waals surface area contributed by atoms with Crippen molar-refractivity contribution >= 4 is 17.3 Å². The minimum atomic E-state index is -0.318. The topological polar surface area (TPSA) is 56.1 Å². The first-order valence-electron chi connectivity index (χ1n) is 5.70. The van der Waals surface area contributed by atoms with Crippen molar-refractivity contribution in [3.8, 4) is 5.75 Å². The molecule has 100 valence electrons. The van der Waals surface area contributed by atoms with Gasteiger partial charge in [-0.25, -0.2) is 4.68 Å². The smallest absolute Gasteiger partial charge is 0.287 e. The maximum Gasteiger partial charge on any atom is 0.287 e. The van der Waals surface area contributed by atoms with Gasteiger partial charge < -0.3 is 10.1 Å². The van der Waals surface area contributed by atoms with Crippen LogP contribution in [0.3, 0.4) is 0 Å². The number of hydrogen-bond donors (Lipinski definition) is 1. The lowest BCUT2D eigenvalue weighted by atomic mass is 10.2. The number of anilines is 1. The average molecular weight is 280 g/mol. The second kappa shape index (κ2) is 5.75. The second-order valence-corrected chi connectivity index (χ2v) is 4.38. The predicted octanol–water partition coefficient (Wildman–Crippen LogP) is 2.05. The molecule has 0 atom stereocenters. The third-order valence-corrected chi connectivity index (χ3v) is 3.09. The molecule has 0 saturated carbocycles. The SMILES string of the molecule is COc1ccc(CNc2cnn(C)c(=O)c2Cl)cc1. The summed E-state index contributed by atoms with van der Waals surface area (Å²) in [7, 11) is 3.18. The van der Waals surface area contributed by atoms with Crippen molar-refractivity contribution in [2.45, 2.75) is 6.54 Å². The third-order valence-electron chi connectivity index (χ3n) is 2.72. The van der Waals surface area contributed by atoms with Crippen LogP contribution in [0.2, 0.25) is 5.02 Å². The number of ether oxygens (including phenoxy) is 1. The molecule has 5 nitrogen and oxygen atoms in total. The van der Waals surface area contributed by atoms with Crippen LogP contribution in [0.25, 0.3) is 0 Å². The molecule has 1 aromatic heterocycles. The maximum absolute atomic E-state index is 11.6. The van der Waals surface area contributed by atoms with Crippen LogP contribution in [0.4, 0.5) is 5.69 Å². The first-order chi connectivity index (χ1) is 9.11. The highest BCUT2D eigenvalue weighted by Crippen LogP contribution is 2.17. The van der Waals surface area contributed by atoms with E-state index in [1.54, 1.807) is 14.2 Å². The highest BCUT2D eigenvalue weighted by atomic mass is 35.5. The van der Waals surface area contributed by atoms with Gasteiger partial charge in [-0.3, -0.25) is 4.79 Å². The van der Waals surface area contributed by atoms with Crippen LogP contribution in [0.15, 0.2) is 35.3 Å². The molecular formula is C13H14ClN3O2. The fourth-order valence-corrected chi connectivity index (χ4v) is 1.81. The van der Waals surface area contributed by atoms with E-state index in [1.807, 2.05) is 24.3 Å². The Labute approximate surface area is 115 Å². The van der Waals surface area contributed by atoms with Crippen molar-refractivity contribution in [1.82, 2.24) is 9.78 Å². The number of nitrogens with zero attached hydrogens (tertiary/aromatic N) is 2. The predicted molar refractivity (Wildman–Crippen MR) is 74.8 cm³/mol. The van der Waals surface area contributed by atoms with Gasteiger partial charge in [0.25, 0.3) is 5.56 Å². The van der Waals surface area contributed by atoms with Crippen LogP contribution in [-0.4, -0.2) is 16.9 Å². The summed E-state index contributed by atoms with van der Waals surface area (Å²) < 4.78 is 6.28. The lowest BCUT2D eigenvalue weighted by Gasteiger charge is -2.09. The Kier molecular flexibility index (Phi) is 4.06. The molecular weight excluding hydrogens is 266 g/mol. The van der Waals surface area contributed by atoms with Crippen molar-refractivity contribution < 1.29 is 4.74 Å². The van der Waals surface area contributed by atoms with Crippen LogP contribution in [0, 0.1) is 0 Å². The first-order valence-corrected chi connectivity index (χ1v) is 6.08.